The minimum absolute atomic E-state index is 0.000678. The van der Waals surface area contributed by atoms with Gasteiger partial charge < -0.3 is 10.1 Å². The van der Waals surface area contributed by atoms with Crippen molar-refractivity contribution in [3.05, 3.63) is 35.9 Å². The number of amides is 1. The third-order valence-electron chi connectivity index (χ3n) is 4.46. The van der Waals surface area contributed by atoms with Crippen molar-refractivity contribution in [2.75, 3.05) is 12.9 Å². The number of carbonyl (C=O) groups is 1. The molecule has 3 rings (SSSR count). The van der Waals surface area contributed by atoms with Crippen LogP contribution < -0.4 is 5.32 Å². The number of benzene rings is 1. The lowest BCUT2D eigenvalue weighted by Gasteiger charge is -2.34. The van der Waals surface area contributed by atoms with Gasteiger partial charge in [-0.15, -0.1) is 10.2 Å². The van der Waals surface area contributed by atoms with Crippen LogP contribution in [0.1, 0.15) is 32.5 Å². The lowest BCUT2D eigenvalue weighted by molar-refractivity contribution is -0.135. The molecule has 0 saturated carbocycles. The Kier molecular flexibility index (Phi) is 5.62. The van der Waals surface area contributed by atoms with Crippen LogP contribution >= 0.6 is 11.8 Å². The van der Waals surface area contributed by atoms with E-state index in [9.17, 15) is 9.18 Å². The Morgan fingerprint density at radius 2 is 2.12 bits per heavy atom. The van der Waals surface area contributed by atoms with Gasteiger partial charge in [-0.25, -0.2) is 4.39 Å². The number of aromatic nitrogens is 3. The summed E-state index contributed by atoms with van der Waals surface area (Å²) in [6.45, 7) is 4.86. The van der Waals surface area contributed by atoms with Gasteiger partial charge in [0.05, 0.1) is 12.1 Å². The highest BCUT2D eigenvalue weighted by molar-refractivity contribution is 7.98. The Hall–Kier alpha value is -1.93. The van der Waals surface area contributed by atoms with Gasteiger partial charge in [0.1, 0.15) is 5.82 Å². The van der Waals surface area contributed by atoms with Crippen molar-refractivity contribution in [1.29, 1.82) is 0 Å². The van der Waals surface area contributed by atoms with E-state index in [0.29, 0.717) is 24.0 Å². The molecular weight excluding hydrogens is 355 g/mol. The topological polar surface area (TPSA) is 69.0 Å². The molecule has 140 valence electrons. The van der Waals surface area contributed by atoms with E-state index in [-0.39, 0.29) is 29.8 Å². The summed E-state index contributed by atoms with van der Waals surface area (Å²) in [5, 5.41) is 12.0. The summed E-state index contributed by atoms with van der Waals surface area (Å²) >= 11 is 1.44. The summed E-state index contributed by atoms with van der Waals surface area (Å²) in [5.74, 6) is 0.242. The van der Waals surface area contributed by atoms with Gasteiger partial charge >= 0.3 is 0 Å². The standard InChI is InChI=1S/C18H23FN4O2S/c1-18(2)10-12(8-9-25-18)16(24)20-11-15-21-22-17(26-3)23(15)14-6-4-13(19)5-7-14/h4-7,12H,8-11H2,1-3H3,(H,20,24). The second kappa shape index (κ2) is 7.75. The van der Waals surface area contributed by atoms with E-state index in [1.165, 1.54) is 23.9 Å². The van der Waals surface area contributed by atoms with Crippen molar-refractivity contribution in [3.8, 4) is 5.69 Å². The van der Waals surface area contributed by atoms with E-state index >= 15 is 0 Å². The summed E-state index contributed by atoms with van der Waals surface area (Å²) in [7, 11) is 0. The summed E-state index contributed by atoms with van der Waals surface area (Å²) in [6.07, 6.45) is 3.31. The van der Waals surface area contributed by atoms with E-state index in [4.69, 9.17) is 4.74 Å². The van der Waals surface area contributed by atoms with Crippen molar-refractivity contribution in [2.45, 2.75) is 44.0 Å². The summed E-state index contributed by atoms with van der Waals surface area (Å²) in [5.41, 5.74) is 0.484. The molecule has 1 saturated heterocycles. The molecule has 1 N–H and O–H groups in total. The van der Waals surface area contributed by atoms with Crippen LogP contribution in [0.25, 0.3) is 5.69 Å². The molecule has 1 aromatic heterocycles. The Morgan fingerprint density at radius 1 is 1.38 bits per heavy atom. The second-order valence-electron chi connectivity index (χ2n) is 6.93. The lowest BCUT2D eigenvalue weighted by Crippen LogP contribution is -2.41. The van der Waals surface area contributed by atoms with Gasteiger partial charge in [-0.2, -0.15) is 0 Å². The van der Waals surface area contributed by atoms with Crippen LogP contribution in [0.2, 0.25) is 0 Å². The van der Waals surface area contributed by atoms with Crippen LogP contribution in [0, 0.1) is 11.7 Å². The van der Waals surface area contributed by atoms with Crippen LogP contribution in [0.3, 0.4) is 0 Å². The van der Waals surface area contributed by atoms with E-state index in [1.54, 1.807) is 12.1 Å². The fourth-order valence-electron chi connectivity index (χ4n) is 3.16. The molecule has 2 aromatic rings. The van der Waals surface area contributed by atoms with Crippen molar-refractivity contribution < 1.29 is 13.9 Å². The van der Waals surface area contributed by atoms with E-state index in [1.807, 2.05) is 24.7 Å². The molecule has 0 spiro atoms. The van der Waals surface area contributed by atoms with Crippen LogP contribution in [-0.4, -0.2) is 39.1 Å². The van der Waals surface area contributed by atoms with Gasteiger partial charge in [0, 0.05) is 18.2 Å². The molecule has 1 unspecified atom stereocenters. The number of hydrogen-bond donors (Lipinski definition) is 1. The molecule has 1 atom stereocenters. The molecule has 1 fully saturated rings. The summed E-state index contributed by atoms with van der Waals surface area (Å²) < 4.78 is 20.7. The fourth-order valence-corrected chi connectivity index (χ4v) is 3.68. The van der Waals surface area contributed by atoms with Crippen molar-refractivity contribution in [2.24, 2.45) is 5.92 Å². The SMILES string of the molecule is CSc1nnc(CNC(=O)C2CCOC(C)(C)C2)n1-c1ccc(F)cc1. The van der Waals surface area contributed by atoms with Crippen LogP contribution in [-0.2, 0) is 16.1 Å². The van der Waals surface area contributed by atoms with Gasteiger partial charge in [0.25, 0.3) is 0 Å². The number of rotatable bonds is 5. The highest BCUT2D eigenvalue weighted by Gasteiger charge is 2.32. The van der Waals surface area contributed by atoms with Gasteiger partial charge in [-0.1, -0.05) is 11.8 Å². The number of nitrogens with zero attached hydrogens (tertiary/aromatic N) is 3. The predicted octanol–water partition coefficient (Wildman–Crippen LogP) is 2.95. The van der Waals surface area contributed by atoms with Gasteiger partial charge in [0.15, 0.2) is 11.0 Å². The van der Waals surface area contributed by atoms with Crippen LogP contribution in [0.5, 0.6) is 0 Å². The average molecular weight is 378 g/mol. The summed E-state index contributed by atoms with van der Waals surface area (Å²) in [4.78, 5) is 12.5. The Bertz CT molecular complexity index is 776. The number of thioether (sulfide) groups is 1. The first kappa shape index (κ1) is 18.8. The molecule has 0 bridgehead atoms. The number of halogens is 1. The minimum atomic E-state index is -0.301. The maximum Gasteiger partial charge on any atom is 0.223 e. The molecule has 8 heteroatoms. The molecule has 0 radical (unpaired) electrons. The normalized spacial score (nSPS) is 19.3. The third kappa shape index (κ3) is 4.24. The highest BCUT2D eigenvalue weighted by Crippen LogP contribution is 2.28. The molecule has 1 amide bonds. The van der Waals surface area contributed by atoms with E-state index in [2.05, 4.69) is 15.5 Å². The first-order valence-corrected chi connectivity index (χ1v) is 9.78. The Labute approximate surface area is 156 Å². The smallest absolute Gasteiger partial charge is 0.223 e. The zero-order valence-electron chi connectivity index (χ0n) is 15.2. The zero-order valence-corrected chi connectivity index (χ0v) is 16.0. The Balaban J connectivity index is 1.73. The maximum absolute atomic E-state index is 13.2. The number of carbonyl (C=O) groups excluding carboxylic acids is 1. The first-order valence-electron chi connectivity index (χ1n) is 8.55. The van der Waals surface area contributed by atoms with Crippen LogP contribution in [0.4, 0.5) is 4.39 Å². The number of nitrogens with one attached hydrogen (secondary N) is 1. The van der Waals surface area contributed by atoms with Crippen molar-refractivity contribution >= 4 is 17.7 Å². The fraction of sp³-hybridized carbons (Fsp3) is 0.500. The molecule has 1 aromatic carbocycles. The second-order valence-corrected chi connectivity index (χ2v) is 7.70. The van der Waals surface area contributed by atoms with Crippen molar-refractivity contribution in [1.82, 2.24) is 20.1 Å². The molecule has 1 aliphatic heterocycles. The molecule has 26 heavy (non-hydrogen) atoms. The maximum atomic E-state index is 13.2. The number of hydrogen-bond acceptors (Lipinski definition) is 5. The third-order valence-corrected chi connectivity index (χ3v) is 5.09. The van der Waals surface area contributed by atoms with E-state index < -0.39 is 0 Å². The molecule has 1 aliphatic rings. The summed E-state index contributed by atoms with van der Waals surface area (Å²) in [6, 6.07) is 6.13. The monoisotopic (exact) mass is 378 g/mol. The number of ether oxygens (including phenoxy) is 1. The minimum Gasteiger partial charge on any atom is -0.376 e. The first-order chi connectivity index (χ1) is 12.4. The molecule has 6 nitrogen and oxygen atoms in total. The average Bonchev–Trinajstić information content (AvgIpc) is 3.02. The highest BCUT2D eigenvalue weighted by atomic mass is 32.2. The van der Waals surface area contributed by atoms with E-state index in [0.717, 1.165) is 12.1 Å². The van der Waals surface area contributed by atoms with Gasteiger partial charge in [0.2, 0.25) is 5.91 Å². The quantitative estimate of drug-likeness (QED) is 0.810. The van der Waals surface area contributed by atoms with Gasteiger partial charge in [-0.3, -0.25) is 9.36 Å². The predicted molar refractivity (Wildman–Crippen MR) is 97.7 cm³/mol. The largest absolute Gasteiger partial charge is 0.376 e. The van der Waals surface area contributed by atoms with Crippen molar-refractivity contribution in [3.63, 3.8) is 0 Å². The van der Waals surface area contributed by atoms with Crippen LogP contribution in [0.15, 0.2) is 29.4 Å². The molecule has 2 heterocycles. The molecule has 0 aliphatic carbocycles. The Morgan fingerprint density at radius 3 is 2.77 bits per heavy atom. The lowest BCUT2D eigenvalue weighted by atomic mass is 9.88. The molecular formula is C18H23FN4O2S. The van der Waals surface area contributed by atoms with Gasteiger partial charge in [-0.05, 0) is 57.2 Å². The zero-order chi connectivity index (χ0) is 18.7.